The largest absolute Gasteiger partial charge is 0.329 e. The van der Waals surface area contributed by atoms with Crippen LogP contribution in [0, 0.1) is 5.82 Å². The third-order valence-corrected chi connectivity index (χ3v) is 2.00. The molecule has 0 unspecified atom stereocenters. The lowest BCUT2D eigenvalue weighted by Gasteiger charge is -2.02. The average Bonchev–Trinajstić information content (AvgIpc) is 2.71. The van der Waals surface area contributed by atoms with Crippen molar-refractivity contribution in [3.05, 3.63) is 36.4 Å². The van der Waals surface area contributed by atoms with Gasteiger partial charge >= 0.3 is 0 Å². The molecule has 1 heterocycles. The first kappa shape index (κ1) is 9.39. The van der Waals surface area contributed by atoms with E-state index in [-0.39, 0.29) is 0 Å². The van der Waals surface area contributed by atoms with Gasteiger partial charge in [-0.3, -0.25) is 9.89 Å². The average molecular weight is 205 g/mol. The van der Waals surface area contributed by atoms with Gasteiger partial charge in [0.15, 0.2) is 0 Å². The summed E-state index contributed by atoms with van der Waals surface area (Å²) in [7, 11) is 0. The predicted molar refractivity (Wildman–Crippen MR) is 53.7 cm³/mol. The Balaban J connectivity index is 2.39. The molecule has 0 aliphatic heterocycles. The molecule has 1 aromatic heterocycles. The number of aromatic amines is 1. The summed E-state index contributed by atoms with van der Waals surface area (Å²) < 4.78 is 13.5. The summed E-state index contributed by atoms with van der Waals surface area (Å²) in [6, 6.07) is 4.47. The second kappa shape index (κ2) is 3.91. The van der Waals surface area contributed by atoms with Gasteiger partial charge in [-0.15, -0.1) is 0 Å². The van der Waals surface area contributed by atoms with E-state index in [0.717, 1.165) is 0 Å². The Morgan fingerprint density at radius 2 is 2.33 bits per heavy atom. The number of amides is 1. The molecular formula is C10H8FN3O. The summed E-state index contributed by atoms with van der Waals surface area (Å²) in [5.41, 5.74) is 1.54. The molecule has 0 spiro atoms. The van der Waals surface area contributed by atoms with E-state index in [4.69, 9.17) is 0 Å². The van der Waals surface area contributed by atoms with Gasteiger partial charge in [0, 0.05) is 23.0 Å². The molecule has 1 amide bonds. The second-order valence-corrected chi connectivity index (χ2v) is 2.94. The number of H-pyrrole nitrogens is 1. The van der Waals surface area contributed by atoms with E-state index in [1.807, 2.05) is 0 Å². The maximum absolute atomic E-state index is 13.5. The van der Waals surface area contributed by atoms with Crippen molar-refractivity contribution in [2.75, 3.05) is 5.32 Å². The zero-order valence-corrected chi connectivity index (χ0v) is 7.70. The van der Waals surface area contributed by atoms with Crippen molar-refractivity contribution >= 4 is 12.1 Å². The topological polar surface area (TPSA) is 57.8 Å². The van der Waals surface area contributed by atoms with Gasteiger partial charge in [-0.25, -0.2) is 4.39 Å². The summed E-state index contributed by atoms with van der Waals surface area (Å²) in [5, 5.41) is 8.72. The maximum Gasteiger partial charge on any atom is 0.211 e. The van der Waals surface area contributed by atoms with Crippen molar-refractivity contribution in [2.24, 2.45) is 0 Å². The van der Waals surface area contributed by atoms with Crippen molar-refractivity contribution in [3.63, 3.8) is 0 Å². The van der Waals surface area contributed by atoms with Crippen LogP contribution >= 0.6 is 0 Å². The third-order valence-electron chi connectivity index (χ3n) is 2.00. The molecule has 5 heteroatoms. The fourth-order valence-electron chi connectivity index (χ4n) is 1.31. The number of nitrogens with zero attached hydrogens (tertiary/aromatic N) is 1. The second-order valence-electron chi connectivity index (χ2n) is 2.94. The molecule has 2 N–H and O–H groups in total. The van der Waals surface area contributed by atoms with E-state index in [1.165, 1.54) is 12.3 Å². The van der Waals surface area contributed by atoms with E-state index >= 15 is 0 Å². The molecule has 2 aromatic rings. The molecule has 0 aliphatic rings. The van der Waals surface area contributed by atoms with Crippen molar-refractivity contribution in [1.82, 2.24) is 10.2 Å². The Kier molecular flexibility index (Phi) is 2.45. The Morgan fingerprint density at radius 3 is 2.93 bits per heavy atom. The highest BCUT2D eigenvalue weighted by Crippen LogP contribution is 2.23. The van der Waals surface area contributed by atoms with Gasteiger partial charge in [0.1, 0.15) is 5.82 Å². The Morgan fingerprint density at radius 1 is 1.47 bits per heavy atom. The number of carbonyl (C=O) groups is 1. The quantitative estimate of drug-likeness (QED) is 0.750. The number of hydrogen-bond acceptors (Lipinski definition) is 2. The minimum absolute atomic E-state index is 0.400. The highest BCUT2D eigenvalue weighted by Gasteiger charge is 2.06. The van der Waals surface area contributed by atoms with Crippen molar-refractivity contribution in [1.29, 1.82) is 0 Å². The van der Waals surface area contributed by atoms with Gasteiger partial charge in [0.2, 0.25) is 6.41 Å². The first-order valence-corrected chi connectivity index (χ1v) is 4.30. The van der Waals surface area contributed by atoms with Crippen molar-refractivity contribution < 1.29 is 9.18 Å². The standard InChI is InChI=1S/C10H8FN3O/c11-10-3-8(12-6-15)1-2-9(10)7-4-13-14-5-7/h1-6H,(H,12,15)(H,13,14). The zero-order chi connectivity index (χ0) is 10.7. The molecule has 0 bridgehead atoms. The van der Waals surface area contributed by atoms with E-state index in [1.54, 1.807) is 18.3 Å². The van der Waals surface area contributed by atoms with Gasteiger partial charge < -0.3 is 5.32 Å². The lowest BCUT2D eigenvalue weighted by Crippen LogP contribution is -1.94. The summed E-state index contributed by atoms with van der Waals surface area (Å²) in [6.45, 7) is 0. The van der Waals surface area contributed by atoms with Crippen LogP contribution in [-0.2, 0) is 4.79 Å². The SMILES string of the molecule is O=CNc1ccc(-c2cn[nH]c2)c(F)c1. The Hall–Kier alpha value is -2.17. The molecule has 1 aromatic carbocycles. The van der Waals surface area contributed by atoms with Crippen LogP contribution in [0.2, 0.25) is 0 Å². The Labute approximate surface area is 85.1 Å². The smallest absolute Gasteiger partial charge is 0.211 e. The molecule has 0 aliphatic carbocycles. The van der Waals surface area contributed by atoms with Crippen LogP contribution in [0.1, 0.15) is 0 Å². The summed E-state index contributed by atoms with van der Waals surface area (Å²) in [5.74, 6) is -0.400. The van der Waals surface area contributed by atoms with Crippen LogP contribution in [0.4, 0.5) is 10.1 Å². The van der Waals surface area contributed by atoms with Crippen LogP contribution < -0.4 is 5.32 Å². The fourth-order valence-corrected chi connectivity index (χ4v) is 1.31. The number of nitrogens with one attached hydrogen (secondary N) is 2. The van der Waals surface area contributed by atoms with Crippen LogP contribution in [0.25, 0.3) is 11.1 Å². The highest BCUT2D eigenvalue weighted by atomic mass is 19.1. The number of halogens is 1. The number of aromatic nitrogens is 2. The van der Waals surface area contributed by atoms with Gasteiger partial charge in [-0.1, -0.05) is 0 Å². The normalized spacial score (nSPS) is 9.93. The number of rotatable bonds is 3. The first-order valence-electron chi connectivity index (χ1n) is 4.30. The molecule has 0 saturated carbocycles. The van der Waals surface area contributed by atoms with Crippen LogP contribution in [0.15, 0.2) is 30.6 Å². The van der Waals surface area contributed by atoms with Crippen molar-refractivity contribution in [2.45, 2.75) is 0 Å². The Bertz CT molecular complexity index is 468. The monoisotopic (exact) mass is 205 g/mol. The van der Waals surface area contributed by atoms with Crippen LogP contribution in [-0.4, -0.2) is 16.6 Å². The van der Waals surface area contributed by atoms with Crippen molar-refractivity contribution in [3.8, 4) is 11.1 Å². The maximum atomic E-state index is 13.5. The molecule has 0 fully saturated rings. The molecule has 15 heavy (non-hydrogen) atoms. The minimum atomic E-state index is -0.400. The van der Waals surface area contributed by atoms with E-state index in [0.29, 0.717) is 23.2 Å². The molecular weight excluding hydrogens is 197 g/mol. The summed E-state index contributed by atoms with van der Waals surface area (Å²) in [4.78, 5) is 10.2. The lowest BCUT2D eigenvalue weighted by molar-refractivity contribution is -0.105. The molecule has 76 valence electrons. The third kappa shape index (κ3) is 1.85. The van der Waals surface area contributed by atoms with Crippen LogP contribution in [0.3, 0.4) is 0 Å². The van der Waals surface area contributed by atoms with Gasteiger partial charge in [-0.2, -0.15) is 5.10 Å². The first-order chi connectivity index (χ1) is 7.31. The molecule has 0 saturated heterocycles. The molecule has 0 atom stereocenters. The lowest BCUT2D eigenvalue weighted by atomic mass is 10.1. The van der Waals surface area contributed by atoms with E-state index in [2.05, 4.69) is 15.5 Å². The number of benzene rings is 1. The molecule has 4 nitrogen and oxygen atoms in total. The zero-order valence-electron chi connectivity index (χ0n) is 7.70. The van der Waals surface area contributed by atoms with Gasteiger partial charge in [0.25, 0.3) is 0 Å². The number of hydrogen-bond donors (Lipinski definition) is 2. The van der Waals surface area contributed by atoms with E-state index in [9.17, 15) is 9.18 Å². The number of carbonyl (C=O) groups excluding carboxylic acids is 1. The summed E-state index contributed by atoms with van der Waals surface area (Å²) in [6.07, 6.45) is 3.64. The minimum Gasteiger partial charge on any atom is -0.329 e. The summed E-state index contributed by atoms with van der Waals surface area (Å²) >= 11 is 0. The highest BCUT2D eigenvalue weighted by molar-refractivity contribution is 5.73. The van der Waals surface area contributed by atoms with E-state index < -0.39 is 5.82 Å². The fraction of sp³-hybridized carbons (Fsp3) is 0. The van der Waals surface area contributed by atoms with Gasteiger partial charge in [-0.05, 0) is 18.2 Å². The number of anilines is 1. The predicted octanol–water partition coefficient (Wildman–Crippen LogP) is 1.78. The van der Waals surface area contributed by atoms with Gasteiger partial charge in [0.05, 0.1) is 6.20 Å². The molecule has 2 rings (SSSR count). The van der Waals surface area contributed by atoms with Crippen LogP contribution in [0.5, 0.6) is 0 Å². The molecule has 0 radical (unpaired) electrons.